The van der Waals surface area contributed by atoms with E-state index in [1.165, 1.54) is 27.7 Å². The van der Waals surface area contributed by atoms with Gasteiger partial charge in [-0.1, -0.05) is 84.9 Å². The molecule has 0 atom stereocenters. The summed E-state index contributed by atoms with van der Waals surface area (Å²) in [4.78, 5) is 12.9. The summed E-state index contributed by atoms with van der Waals surface area (Å²) in [5.41, 5.74) is 1.21. The molecule has 0 spiro atoms. The van der Waals surface area contributed by atoms with Crippen molar-refractivity contribution in [2.45, 2.75) is 4.90 Å². The average molecular weight is 698 g/mol. The van der Waals surface area contributed by atoms with Crippen molar-refractivity contribution in [3.63, 3.8) is 0 Å². The van der Waals surface area contributed by atoms with E-state index in [9.17, 15) is 4.79 Å². The largest absolute Gasteiger partial charge is 1.00 e. The molecule has 4 heteroatoms. The Morgan fingerprint density at radius 3 is 1.46 bits per heavy atom. The fraction of sp³-hybridized carbons (Fsp3) is 0. The molecule has 5 aromatic rings. The predicted molar refractivity (Wildman–Crippen MR) is 156 cm³/mol. The van der Waals surface area contributed by atoms with E-state index < -0.39 is 7.92 Å². The maximum atomic E-state index is 12.0. The van der Waals surface area contributed by atoms with Crippen LogP contribution in [0.15, 0.2) is 150 Å². The quantitative estimate of drug-likeness (QED) is 0.0667. The standard InChI is InChI=1S/C18H15P.C15H9OS.Au/c1-4-10-16(11-5-1)19(17-12-6-2-7-13-17)18-14-8-3-9-15-18;1-2-12-7-6-8-13(11-12)15(16)17-14-9-4-3-5-10-14;/h1-15H;3-11H;/q;-1;+1/p+1. The van der Waals surface area contributed by atoms with Gasteiger partial charge in [-0.2, -0.15) is 0 Å². The van der Waals surface area contributed by atoms with E-state index in [1.54, 1.807) is 24.3 Å². The van der Waals surface area contributed by atoms with Gasteiger partial charge in [0.1, 0.15) is 15.9 Å². The van der Waals surface area contributed by atoms with E-state index >= 15 is 0 Å². The van der Waals surface area contributed by atoms with Crippen LogP contribution in [0.1, 0.15) is 15.9 Å². The molecule has 0 aliphatic carbocycles. The van der Waals surface area contributed by atoms with E-state index in [1.807, 2.05) is 30.3 Å². The topological polar surface area (TPSA) is 17.1 Å². The van der Waals surface area contributed by atoms with Crippen molar-refractivity contribution in [1.29, 1.82) is 0 Å². The van der Waals surface area contributed by atoms with Gasteiger partial charge in [0.25, 0.3) is 0 Å². The molecule has 5 rings (SSSR count). The van der Waals surface area contributed by atoms with Crippen LogP contribution in [0.4, 0.5) is 0 Å². The molecule has 37 heavy (non-hydrogen) atoms. The molecule has 0 radical (unpaired) electrons. The summed E-state index contributed by atoms with van der Waals surface area (Å²) in [6.07, 6.45) is 7.03. The Hall–Kier alpha value is -3.15. The second-order valence-electron chi connectivity index (χ2n) is 7.88. The van der Waals surface area contributed by atoms with Gasteiger partial charge in [0, 0.05) is 10.5 Å². The van der Waals surface area contributed by atoms with Crippen LogP contribution in [0.2, 0.25) is 0 Å². The van der Waals surface area contributed by atoms with Crippen molar-refractivity contribution in [1.82, 2.24) is 0 Å². The first-order chi connectivity index (χ1) is 17.7. The molecule has 0 N–H and O–H groups in total. The third-order valence-corrected chi connectivity index (χ3v) is 9.04. The number of carbonyl (C=O) groups is 1. The molecule has 0 amide bonds. The van der Waals surface area contributed by atoms with Crippen molar-refractivity contribution in [2.75, 3.05) is 0 Å². The summed E-state index contributed by atoms with van der Waals surface area (Å²) in [6, 6.07) is 48.9. The van der Waals surface area contributed by atoms with E-state index in [-0.39, 0.29) is 27.5 Å². The molecular weight excluding hydrogens is 672 g/mol. The van der Waals surface area contributed by atoms with Gasteiger partial charge in [-0.25, -0.2) is 0 Å². The van der Waals surface area contributed by atoms with Crippen molar-refractivity contribution in [2.24, 2.45) is 0 Å². The zero-order chi connectivity index (χ0) is 25.0. The van der Waals surface area contributed by atoms with Gasteiger partial charge in [0.2, 0.25) is 5.12 Å². The molecule has 0 fully saturated rings. The Morgan fingerprint density at radius 2 is 1.03 bits per heavy atom. The van der Waals surface area contributed by atoms with Gasteiger partial charge in [-0.05, 0) is 60.3 Å². The predicted octanol–water partition coefficient (Wildman–Crippen LogP) is 6.73. The first-order valence-electron chi connectivity index (χ1n) is 11.6. The maximum Gasteiger partial charge on any atom is 1.00 e. The molecule has 0 aliphatic rings. The van der Waals surface area contributed by atoms with Crippen LogP contribution in [0.25, 0.3) is 0 Å². The van der Waals surface area contributed by atoms with Crippen molar-refractivity contribution in [3.05, 3.63) is 163 Å². The Bertz CT molecular complexity index is 1330. The van der Waals surface area contributed by atoms with Crippen LogP contribution in [0.5, 0.6) is 0 Å². The van der Waals surface area contributed by atoms with Crippen LogP contribution in [0.3, 0.4) is 0 Å². The zero-order valence-corrected chi connectivity index (χ0v) is 24.0. The molecule has 0 unspecified atom stereocenters. The molecule has 5 aromatic carbocycles. The van der Waals surface area contributed by atoms with Gasteiger partial charge in [0.05, 0.1) is 7.92 Å². The normalized spacial score (nSPS) is 9.84. The number of thioether (sulfide) groups is 1. The molecular formula is C33H25AuOPS+. The Balaban J connectivity index is 0.000000201. The van der Waals surface area contributed by atoms with Crippen molar-refractivity contribution >= 4 is 40.7 Å². The van der Waals surface area contributed by atoms with Crippen LogP contribution >= 0.6 is 19.7 Å². The molecule has 1 nitrogen and oxygen atoms in total. The number of hydrogen-bond acceptors (Lipinski definition) is 2. The van der Waals surface area contributed by atoms with Crippen LogP contribution in [-0.4, -0.2) is 5.12 Å². The molecule has 184 valence electrons. The van der Waals surface area contributed by atoms with Crippen molar-refractivity contribution < 1.29 is 27.2 Å². The van der Waals surface area contributed by atoms with Crippen LogP contribution in [0, 0.1) is 12.3 Å². The minimum absolute atomic E-state index is 0. The maximum absolute atomic E-state index is 12.0. The van der Waals surface area contributed by atoms with Gasteiger partial charge in [-0.3, -0.25) is 10.7 Å². The van der Waals surface area contributed by atoms with E-state index in [2.05, 4.69) is 96.9 Å². The molecule has 0 aliphatic heterocycles. The molecule has 0 bridgehead atoms. The summed E-state index contributed by atoms with van der Waals surface area (Å²) in [5, 5.41) is 4.29. The van der Waals surface area contributed by atoms with Gasteiger partial charge in [-0.15, -0.1) is 17.7 Å². The van der Waals surface area contributed by atoms with Gasteiger partial charge in [0.15, 0.2) is 0 Å². The second kappa shape index (κ2) is 15.2. The van der Waals surface area contributed by atoms with Gasteiger partial charge >= 0.3 is 22.4 Å². The summed E-state index contributed by atoms with van der Waals surface area (Å²) in [6.45, 7) is 0. The summed E-state index contributed by atoms with van der Waals surface area (Å²) in [7, 11) is -0.877. The Kier molecular flexibility index (Phi) is 11.7. The summed E-state index contributed by atoms with van der Waals surface area (Å²) >= 11 is 1.19. The monoisotopic (exact) mass is 697 g/mol. The molecule has 0 heterocycles. The fourth-order valence-corrected chi connectivity index (χ4v) is 7.02. The molecule has 0 aromatic heterocycles. The van der Waals surface area contributed by atoms with Gasteiger partial charge < -0.3 is 6.42 Å². The number of rotatable bonds is 5. The number of carbonyl (C=O) groups excluding carboxylic acids is 1. The van der Waals surface area contributed by atoms with Crippen LogP contribution < -0.4 is 15.9 Å². The minimum Gasteiger partial charge on any atom is -0.366 e. The first kappa shape index (κ1) is 28.4. The van der Waals surface area contributed by atoms with Crippen LogP contribution in [-0.2, 0) is 22.4 Å². The second-order valence-corrected chi connectivity index (χ2v) is 11.4. The summed E-state index contributed by atoms with van der Waals surface area (Å²) in [5.74, 6) is 2.27. The number of hydrogen-bond donors (Lipinski definition) is 0. The Morgan fingerprint density at radius 1 is 0.595 bits per heavy atom. The smallest absolute Gasteiger partial charge is 0.366 e. The SMILES string of the molecule is [Au+].[C-]#Cc1cccc(C(=O)Sc2ccccc2)c1.c1ccc([PH+](c2ccccc2)c2ccccc2)cc1. The zero-order valence-electron chi connectivity index (χ0n) is 20.0. The Labute approximate surface area is 240 Å². The summed E-state index contributed by atoms with van der Waals surface area (Å²) < 4.78 is 0. The molecule has 0 saturated heterocycles. The van der Waals surface area contributed by atoms with E-state index in [0.717, 1.165) is 4.90 Å². The average Bonchev–Trinajstić information content (AvgIpc) is 2.96. The van der Waals surface area contributed by atoms with Crippen molar-refractivity contribution in [3.8, 4) is 5.92 Å². The third-order valence-electron chi connectivity index (χ3n) is 5.38. The van der Waals surface area contributed by atoms with E-state index in [0.29, 0.717) is 11.1 Å². The van der Waals surface area contributed by atoms with E-state index in [4.69, 9.17) is 6.42 Å². The number of benzene rings is 5. The minimum atomic E-state index is -0.877. The first-order valence-corrected chi connectivity index (χ1v) is 13.9. The third kappa shape index (κ3) is 8.44. The molecule has 0 saturated carbocycles. The fourth-order valence-electron chi connectivity index (χ4n) is 3.69.